The Morgan fingerprint density at radius 2 is 1.62 bits per heavy atom. The van der Waals surface area contributed by atoms with Crippen LogP contribution < -0.4 is 4.90 Å². The lowest BCUT2D eigenvalue weighted by atomic mass is 10.0. The zero-order chi connectivity index (χ0) is 33.4. The lowest BCUT2D eigenvalue weighted by molar-refractivity contribution is 0.123. The van der Waals surface area contributed by atoms with Crippen molar-refractivity contribution >= 4 is 26.7 Å². The molecule has 6 aromatic rings. The van der Waals surface area contributed by atoms with Crippen molar-refractivity contribution in [2.75, 3.05) is 37.6 Å². The molecule has 1 N–H and O–H groups in total. The van der Waals surface area contributed by atoms with E-state index in [0.717, 1.165) is 59.7 Å². The van der Waals surface area contributed by atoms with Gasteiger partial charge in [0, 0.05) is 79.1 Å². The maximum absolute atomic E-state index is 13.9. The smallest absolute Gasteiger partial charge is 0.269 e. The molecule has 0 unspecified atom stereocenters. The molecule has 1 atom stereocenters. The molecule has 0 aliphatic carbocycles. The fraction of sp³-hybridized carbons (Fsp3) is 0.243. The van der Waals surface area contributed by atoms with Crippen LogP contribution in [-0.2, 0) is 16.6 Å². The van der Waals surface area contributed by atoms with Gasteiger partial charge < -0.3 is 10.0 Å². The van der Waals surface area contributed by atoms with Crippen molar-refractivity contribution in [2.45, 2.75) is 31.4 Å². The minimum atomic E-state index is -3.96. The second-order valence-corrected chi connectivity index (χ2v) is 14.3. The van der Waals surface area contributed by atoms with Crippen LogP contribution in [0.1, 0.15) is 18.1 Å². The molecule has 0 radical (unpaired) electrons. The number of aliphatic hydroxyl groups excluding tert-OH is 1. The predicted molar refractivity (Wildman–Crippen MR) is 186 cm³/mol. The Bertz CT molecular complexity index is 2170. The average Bonchev–Trinajstić information content (AvgIpc) is 3.70. The molecular formula is C37H37FN6O3S. The second kappa shape index (κ2) is 13.0. The van der Waals surface area contributed by atoms with E-state index in [4.69, 9.17) is 4.98 Å². The SMILES string of the molecule is Cc1ccc(S(=O)(=O)n2cc(-c3cnn(Cc4cccc(F)c4)c3)c3cc(-c4ccc(N5CCN(C[C@H](C)O)CC5)cc4)cnc32)cc1. The Balaban J connectivity index is 1.24. The number of piperazine rings is 1. The zero-order valence-corrected chi connectivity index (χ0v) is 27.7. The average molecular weight is 665 g/mol. The highest BCUT2D eigenvalue weighted by Gasteiger charge is 2.24. The number of aromatic nitrogens is 4. The van der Waals surface area contributed by atoms with Crippen molar-refractivity contribution in [3.63, 3.8) is 0 Å². The number of anilines is 1. The summed E-state index contributed by atoms with van der Waals surface area (Å²) in [6.45, 7) is 8.36. The van der Waals surface area contributed by atoms with Crippen LogP contribution in [0.25, 0.3) is 33.3 Å². The molecule has 0 amide bonds. The van der Waals surface area contributed by atoms with Gasteiger partial charge in [-0.25, -0.2) is 21.8 Å². The molecule has 48 heavy (non-hydrogen) atoms. The minimum absolute atomic E-state index is 0.173. The number of benzene rings is 3. The summed E-state index contributed by atoms with van der Waals surface area (Å²) in [5, 5.41) is 14.9. The second-order valence-electron chi connectivity index (χ2n) is 12.5. The molecule has 246 valence electrons. The van der Waals surface area contributed by atoms with Crippen LogP contribution in [0.3, 0.4) is 0 Å². The fourth-order valence-electron chi connectivity index (χ4n) is 6.31. The Morgan fingerprint density at radius 3 is 2.33 bits per heavy atom. The van der Waals surface area contributed by atoms with Gasteiger partial charge in [0.15, 0.2) is 5.65 Å². The molecule has 7 rings (SSSR count). The maximum Gasteiger partial charge on any atom is 0.269 e. The quantitative estimate of drug-likeness (QED) is 0.209. The summed E-state index contributed by atoms with van der Waals surface area (Å²) in [4.78, 5) is 9.52. The van der Waals surface area contributed by atoms with Gasteiger partial charge in [0.1, 0.15) is 5.82 Å². The van der Waals surface area contributed by atoms with Gasteiger partial charge in [-0.15, -0.1) is 0 Å². The molecule has 3 aromatic carbocycles. The van der Waals surface area contributed by atoms with Crippen LogP contribution in [0, 0.1) is 12.7 Å². The summed E-state index contributed by atoms with van der Waals surface area (Å²) in [6, 6.07) is 23.5. The van der Waals surface area contributed by atoms with Crippen LogP contribution in [0.5, 0.6) is 0 Å². The number of β-amino-alcohol motifs (C(OH)–C–C–N with tert-alkyl or cyclic N) is 1. The first kappa shape index (κ1) is 31.7. The number of fused-ring (bicyclic) bond motifs is 1. The van der Waals surface area contributed by atoms with E-state index >= 15 is 0 Å². The summed E-state index contributed by atoms with van der Waals surface area (Å²) >= 11 is 0. The number of aliphatic hydroxyl groups is 1. The van der Waals surface area contributed by atoms with Crippen LogP contribution in [0.4, 0.5) is 10.1 Å². The molecule has 1 aliphatic rings. The van der Waals surface area contributed by atoms with Crippen molar-refractivity contribution < 1.29 is 17.9 Å². The standard InChI is InChI=1S/C37H37FN6O3S/c1-26-6-12-34(13-7-26)48(46,47)44-25-36(31-21-40-43(24-31)23-28-4-3-5-32(38)18-28)35-19-30(20-39-37(35)44)29-8-10-33(11-9-29)42-16-14-41(15-17-42)22-27(2)45/h3-13,18-21,24-25,27,45H,14-17,22-23H2,1-2H3/t27-/m0/s1. The number of rotatable bonds is 9. The fourth-order valence-corrected chi connectivity index (χ4v) is 7.64. The van der Waals surface area contributed by atoms with Crippen molar-refractivity contribution in [3.8, 4) is 22.3 Å². The summed E-state index contributed by atoms with van der Waals surface area (Å²) in [5.74, 6) is -0.314. The Labute approximate surface area is 279 Å². The Morgan fingerprint density at radius 1 is 0.875 bits per heavy atom. The maximum atomic E-state index is 13.9. The third-order valence-electron chi connectivity index (χ3n) is 8.83. The topological polar surface area (TPSA) is 96.5 Å². The largest absolute Gasteiger partial charge is 0.392 e. The highest BCUT2D eigenvalue weighted by molar-refractivity contribution is 7.90. The lowest BCUT2D eigenvalue weighted by Gasteiger charge is -2.36. The summed E-state index contributed by atoms with van der Waals surface area (Å²) in [7, 11) is -3.96. The number of hydrogen-bond acceptors (Lipinski definition) is 7. The first-order valence-corrected chi connectivity index (χ1v) is 17.4. The monoisotopic (exact) mass is 664 g/mol. The van der Waals surface area contributed by atoms with Crippen molar-refractivity contribution in [2.24, 2.45) is 0 Å². The van der Waals surface area contributed by atoms with E-state index in [9.17, 15) is 17.9 Å². The lowest BCUT2D eigenvalue weighted by Crippen LogP contribution is -2.48. The van der Waals surface area contributed by atoms with Crippen molar-refractivity contribution in [1.29, 1.82) is 0 Å². The third-order valence-corrected chi connectivity index (χ3v) is 10.5. The van der Waals surface area contributed by atoms with E-state index in [2.05, 4.69) is 39.2 Å². The molecule has 1 saturated heterocycles. The van der Waals surface area contributed by atoms with E-state index in [1.165, 1.54) is 16.1 Å². The van der Waals surface area contributed by atoms with Gasteiger partial charge in [0.25, 0.3) is 10.0 Å². The molecule has 4 heterocycles. The highest BCUT2D eigenvalue weighted by Crippen LogP contribution is 2.35. The molecule has 0 spiro atoms. The normalized spacial score (nSPS) is 14.9. The van der Waals surface area contributed by atoms with E-state index < -0.39 is 10.0 Å². The number of hydrogen-bond donors (Lipinski definition) is 1. The van der Waals surface area contributed by atoms with Crippen LogP contribution >= 0.6 is 0 Å². The molecule has 1 fully saturated rings. The zero-order valence-electron chi connectivity index (χ0n) is 26.9. The summed E-state index contributed by atoms with van der Waals surface area (Å²) in [6.07, 6.45) is 6.52. The van der Waals surface area contributed by atoms with E-state index in [-0.39, 0.29) is 16.8 Å². The third kappa shape index (κ3) is 6.49. The number of nitrogens with zero attached hydrogens (tertiary/aromatic N) is 6. The summed E-state index contributed by atoms with van der Waals surface area (Å²) in [5.41, 5.74) is 6.39. The highest BCUT2D eigenvalue weighted by atomic mass is 32.2. The predicted octanol–water partition coefficient (Wildman–Crippen LogP) is 5.80. The van der Waals surface area contributed by atoms with Gasteiger partial charge in [0.2, 0.25) is 0 Å². The molecule has 0 bridgehead atoms. The van der Waals surface area contributed by atoms with Gasteiger partial charge in [0.05, 0.1) is 23.7 Å². The molecule has 9 nitrogen and oxygen atoms in total. The molecule has 3 aromatic heterocycles. The van der Waals surface area contributed by atoms with Crippen LogP contribution in [0.2, 0.25) is 0 Å². The molecule has 0 saturated carbocycles. The molecule has 1 aliphatic heterocycles. The molecular weight excluding hydrogens is 628 g/mol. The Kier molecular flexibility index (Phi) is 8.59. The van der Waals surface area contributed by atoms with Gasteiger partial charge in [-0.3, -0.25) is 9.58 Å². The van der Waals surface area contributed by atoms with E-state index in [1.54, 1.807) is 53.6 Å². The van der Waals surface area contributed by atoms with Gasteiger partial charge in [-0.2, -0.15) is 5.10 Å². The minimum Gasteiger partial charge on any atom is -0.392 e. The van der Waals surface area contributed by atoms with Crippen LogP contribution in [-0.4, -0.2) is 76.0 Å². The van der Waals surface area contributed by atoms with Crippen molar-refractivity contribution in [1.82, 2.24) is 23.6 Å². The first-order chi connectivity index (χ1) is 23.1. The van der Waals surface area contributed by atoms with Crippen LogP contribution in [0.15, 0.2) is 109 Å². The Hall–Kier alpha value is -4.84. The van der Waals surface area contributed by atoms with Crippen molar-refractivity contribution in [3.05, 3.63) is 121 Å². The van der Waals surface area contributed by atoms with Gasteiger partial charge in [-0.1, -0.05) is 42.0 Å². The van der Waals surface area contributed by atoms with E-state index in [1.807, 2.05) is 32.2 Å². The first-order valence-electron chi connectivity index (χ1n) is 16.0. The number of halogens is 1. The summed E-state index contributed by atoms with van der Waals surface area (Å²) < 4.78 is 44.7. The molecule has 11 heteroatoms. The van der Waals surface area contributed by atoms with E-state index in [0.29, 0.717) is 29.7 Å². The number of aryl methyl sites for hydroxylation is 1. The number of pyridine rings is 1. The van der Waals surface area contributed by atoms with Gasteiger partial charge >= 0.3 is 0 Å². The van der Waals surface area contributed by atoms with Gasteiger partial charge in [-0.05, 0) is 67.4 Å².